The van der Waals surface area contributed by atoms with Crippen molar-refractivity contribution < 1.29 is 4.74 Å². The van der Waals surface area contributed by atoms with Crippen LogP contribution in [-0.4, -0.2) is 45.8 Å². The van der Waals surface area contributed by atoms with E-state index in [4.69, 9.17) is 4.74 Å². The first-order valence-electron chi connectivity index (χ1n) is 11.5. The van der Waals surface area contributed by atoms with Crippen LogP contribution in [0.1, 0.15) is 49.1 Å². The third-order valence-corrected chi connectivity index (χ3v) is 6.67. The molecule has 2 saturated heterocycles. The largest absolute Gasteiger partial charge is 0.376 e. The van der Waals surface area contributed by atoms with Gasteiger partial charge in [0.15, 0.2) is 0 Å². The van der Waals surface area contributed by atoms with E-state index < -0.39 is 0 Å². The minimum Gasteiger partial charge on any atom is -0.376 e. The molecular formula is C25H31N5O. The number of piperidine rings is 1. The van der Waals surface area contributed by atoms with E-state index in [2.05, 4.69) is 63.6 Å². The highest BCUT2D eigenvalue weighted by molar-refractivity contribution is 5.63. The van der Waals surface area contributed by atoms with Crippen LogP contribution in [0.25, 0.3) is 11.3 Å². The van der Waals surface area contributed by atoms with Crippen molar-refractivity contribution in [1.29, 1.82) is 0 Å². The Hall–Kier alpha value is -2.73. The number of pyridine rings is 1. The van der Waals surface area contributed by atoms with Gasteiger partial charge in [-0.1, -0.05) is 29.5 Å². The SMILES string of the molecule is Cc1cc(C2CCN(c3ccccn3)CC2)ccc1-c1cn(CC2CCCCO2)nn1. The molecule has 2 aromatic heterocycles. The molecule has 0 saturated carbocycles. The van der Waals surface area contributed by atoms with Gasteiger partial charge < -0.3 is 9.64 Å². The molecule has 0 radical (unpaired) electrons. The average molecular weight is 418 g/mol. The van der Waals surface area contributed by atoms with Gasteiger partial charge in [-0.3, -0.25) is 0 Å². The fourth-order valence-electron chi connectivity index (χ4n) is 4.88. The minimum atomic E-state index is 0.267. The molecule has 0 N–H and O–H groups in total. The average Bonchev–Trinajstić information content (AvgIpc) is 3.28. The van der Waals surface area contributed by atoms with E-state index in [0.717, 1.165) is 57.0 Å². The van der Waals surface area contributed by atoms with E-state index in [1.165, 1.54) is 29.5 Å². The maximum absolute atomic E-state index is 5.84. The molecular weight excluding hydrogens is 386 g/mol. The maximum atomic E-state index is 5.84. The first kappa shape index (κ1) is 20.2. The molecule has 6 nitrogen and oxygen atoms in total. The monoisotopic (exact) mass is 417 g/mol. The van der Waals surface area contributed by atoms with Crippen molar-refractivity contribution in [1.82, 2.24) is 20.0 Å². The quantitative estimate of drug-likeness (QED) is 0.607. The lowest BCUT2D eigenvalue weighted by molar-refractivity contribution is 0.00370. The summed E-state index contributed by atoms with van der Waals surface area (Å²) >= 11 is 0. The number of nitrogens with zero attached hydrogens (tertiary/aromatic N) is 5. The van der Waals surface area contributed by atoms with Gasteiger partial charge in [0.2, 0.25) is 0 Å². The van der Waals surface area contributed by atoms with Crippen molar-refractivity contribution in [3.63, 3.8) is 0 Å². The predicted octanol–water partition coefficient (Wildman–Crippen LogP) is 4.60. The van der Waals surface area contributed by atoms with Crippen molar-refractivity contribution in [3.8, 4) is 11.3 Å². The summed E-state index contributed by atoms with van der Waals surface area (Å²) in [5, 5.41) is 8.79. The standard InChI is InChI=1S/C25H31N5O/c1-19-16-21(20-10-13-29(14-11-20)25-7-2-4-12-26-25)8-9-23(19)24-18-30(28-27-24)17-22-6-3-5-15-31-22/h2,4,7-9,12,16,18,20,22H,3,5-6,10-11,13-15,17H2,1H3. The van der Waals surface area contributed by atoms with E-state index in [1.54, 1.807) is 0 Å². The normalized spacial score (nSPS) is 20.2. The van der Waals surface area contributed by atoms with Gasteiger partial charge in [0.1, 0.15) is 11.5 Å². The molecule has 31 heavy (non-hydrogen) atoms. The molecule has 1 aromatic carbocycles. The zero-order chi connectivity index (χ0) is 21.0. The zero-order valence-corrected chi connectivity index (χ0v) is 18.3. The van der Waals surface area contributed by atoms with Crippen LogP contribution in [0.3, 0.4) is 0 Å². The van der Waals surface area contributed by atoms with Crippen molar-refractivity contribution in [2.45, 2.75) is 57.6 Å². The summed E-state index contributed by atoms with van der Waals surface area (Å²) in [6.45, 7) is 5.96. The molecule has 1 unspecified atom stereocenters. The van der Waals surface area contributed by atoms with Crippen molar-refractivity contribution in [2.75, 3.05) is 24.6 Å². The smallest absolute Gasteiger partial charge is 0.128 e. The highest BCUT2D eigenvalue weighted by atomic mass is 16.5. The van der Waals surface area contributed by atoms with E-state index in [1.807, 2.05) is 16.9 Å². The molecule has 3 aromatic rings. The lowest BCUT2D eigenvalue weighted by atomic mass is 9.87. The molecule has 2 fully saturated rings. The second kappa shape index (κ2) is 9.18. The van der Waals surface area contributed by atoms with Crippen LogP contribution in [0.5, 0.6) is 0 Å². The third kappa shape index (κ3) is 4.64. The van der Waals surface area contributed by atoms with Gasteiger partial charge in [-0.15, -0.1) is 5.10 Å². The Bertz CT molecular complexity index is 988. The van der Waals surface area contributed by atoms with E-state index in [0.29, 0.717) is 5.92 Å². The number of anilines is 1. The number of aromatic nitrogens is 4. The first-order valence-corrected chi connectivity index (χ1v) is 11.5. The summed E-state index contributed by atoms with van der Waals surface area (Å²) in [6.07, 6.45) is 10.1. The summed E-state index contributed by atoms with van der Waals surface area (Å²) in [6, 6.07) is 13.0. The van der Waals surface area contributed by atoms with Gasteiger partial charge in [0.05, 0.1) is 18.8 Å². The highest BCUT2D eigenvalue weighted by Gasteiger charge is 2.22. The Labute approximate surface area is 184 Å². The van der Waals surface area contributed by atoms with Gasteiger partial charge >= 0.3 is 0 Å². The Kier molecular flexibility index (Phi) is 5.98. The number of ether oxygens (including phenoxy) is 1. The highest BCUT2D eigenvalue weighted by Crippen LogP contribution is 2.32. The summed E-state index contributed by atoms with van der Waals surface area (Å²) in [7, 11) is 0. The van der Waals surface area contributed by atoms with Crippen LogP contribution >= 0.6 is 0 Å². The lowest BCUT2D eigenvalue weighted by Gasteiger charge is -2.33. The van der Waals surface area contributed by atoms with Gasteiger partial charge in [-0.2, -0.15) is 0 Å². The number of rotatable bonds is 5. The van der Waals surface area contributed by atoms with Crippen molar-refractivity contribution in [2.24, 2.45) is 0 Å². The maximum Gasteiger partial charge on any atom is 0.128 e. The van der Waals surface area contributed by atoms with Crippen LogP contribution in [0.15, 0.2) is 48.8 Å². The van der Waals surface area contributed by atoms with Gasteiger partial charge in [-0.05, 0) is 68.2 Å². The second-order valence-corrected chi connectivity index (χ2v) is 8.84. The predicted molar refractivity (Wildman–Crippen MR) is 122 cm³/mol. The summed E-state index contributed by atoms with van der Waals surface area (Å²) in [5.74, 6) is 1.70. The third-order valence-electron chi connectivity index (χ3n) is 6.67. The summed E-state index contributed by atoms with van der Waals surface area (Å²) < 4.78 is 7.78. The number of hydrogen-bond acceptors (Lipinski definition) is 5. The molecule has 162 valence electrons. The minimum absolute atomic E-state index is 0.267. The van der Waals surface area contributed by atoms with E-state index in [9.17, 15) is 0 Å². The van der Waals surface area contributed by atoms with Crippen LogP contribution in [0.4, 0.5) is 5.82 Å². The Morgan fingerprint density at radius 1 is 1.06 bits per heavy atom. The van der Waals surface area contributed by atoms with Crippen LogP contribution < -0.4 is 4.90 Å². The molecule has 0 aliphatic carbocycles. The first-order chi connectivity index (χ1) is 15.3. The molecule has 4 heterocycles. The molecule has 2 aliphatic rings. The van der Waals surface area contributed by atoms with Crippen molar-refractivity contribution >= 4 is 5.82 Å². The van der Waals surface area contributed by atoms with Crippen LogP contribution in [-0.2, 0) is 11.3 Å². The Balaban J connectivity index is 1.23. The van der Waals surface area contributed by atoms with Gasteiger partial charge in [0.25, 0.3) is 0 Å². The molecule has 5 rings (SSSR count). The summed E-state index contributed by atoms with van der Waals surface area (Å²) in [4.78, 5) is 6.90. The fraction of sp³-hybridized carbons (Fsp3) is 0.480. The Morgan fingerprint density at radius 3 is 2.71 bits per heavy atom. The van der Waals surface area contributed by atoms with Gasteiger partial charge in [-0.25, -0.2) is 9.67 Å². The number of hydrogen-bond donors (Lipinski definition) is 0. The van der Waals surface area contributed by atoms with E-state index in [-0.39, 0.29) is 6.10 Å². The molecule has 0 amide bonds. The fourth-order valence-corrected chi connectivity index (χ4v) is 4.88. The van der Waals surface area contributed by atoms with Crippen molar-refractivity contribution in [3.05, 3.63) is 59.9 Å². The molecule has 0 bridgehead atoms. The van der Waals surface area contributed by atoms with Crippen LogP contribution in [0.2, 0.25) is 0 Å². The summed E-state index contributed by atoms with van der Waals surface area (Å²) in [5.41, 5.74) is 4.82. The Morgan fingerprint density at radius 2 is 1.97 bits per heavy atom. The molecule has 0 spiro atoms. The number of benzene rings is 1. The lowest BCUT2D eigenvalue weighted by Crippen LogP contribution is -2.33. The zero-order valence-electron chi connectivity index (χ0n) is 18.3. The molecule has 2 aliphatic heterocycles. The van der Waals surface area contributed by atoms with Crippen LogP contribution in [0, 0.1) is 6.92 Å². The number of aryl methyl sites for hydroxylation is 1. The molecule has 6 heteroatoms. The van der Waals surface area contributed by atoms with E-state index >= 15 is 0 Å². The second-order valence-electron chi connectivity index (χ2n) is 8.84. The molecule has 1 atom stereocenters. The topological polar surface area (TPSA) is 56.1 Å². The van der Waals surface area contributed by atoms with Gasteiger partial charge in [0, 0.05) is 31.5 Å².